The summed E-state index contributed by atoms with van der Waals surface area (Å²) in [7, 11) is 0. The molecule has 1 heterocycles. The summed E-state index contributed by atoms with van der Waals surface area (Å²) in [5.41, 5.74) is 6.37. The Hall–Kier alpha value is -1.36. The smallest absolute Gasteiger partial charge is 0.226 e. The Labute approximate surface area is 116 Å². The van der Waals surface area contributed by atoms with E-state index in [1.807, 2.05) is 26.8 Å². The fourth-order valence-electron chi connectivity index (χ4n) is 1.74. The normalized spacial score (nSPS) is 10.8. The van der Waals surface area contributed by atoms with Crippen LogP contribution >= 0.6 is 0 Å². The van der Waals surface area contributed by atoms with Crippen LogP contribution < -0.4 is 15.8 Å². The molecular formula is C14H26N4O. The summed E-state index contributed by atoms with van der Waals surface area (Å²) in [6.07, 6.45) is 4.71. The van der Waals surface area contributed by atoms with Gasteiger partial charge in [0.05, 0.1) is 6.10 Å². The van der Waals surface area contributed by atoms with E-state index in [9.17, 15) is 0 Å². The summed E-state index contributed by atoms with van der Waals surface area (Å²) < 4.78 is 5.59. The number of aryl methyl sites for hydroxylation is 1. The van der Waals surface area contributed by atoms with Gasteiger partial charge in [0.1, 0.15) is 0 Å². The van der Waals surface area contributed by atoms with Crippen LogP contribution in [0.5, 0.6) is 5.88 Å². The highest BCUT2D eigenvalue weighted by Crippen LogP contribution is 2.13. The van der Waals surface area contributed by atoms with Crippen LogP contribution in [0, 0.1) is 6.92 Å². The lowest BCUT2D eigenvalue weighted by Crippen LogP contribution is -2.11. The number of nitrogens with zero attached hydrogens (tertiary/aromatic N) is 2. The molecule has 5 heteroatoms. The van der Waals surface area contributed by atoms with E-state index in [2.05, 4.69) is 15.3 Å². The van der Waals surface area contributed by atoms with Crippen LogP contribution in [0.2, 0.25) is 0 Å². The quantitative estimate of drug-likeness (QED) is 0.672. The molecule has 0 unspecified atom stereocenters. The first-order valence-corrected chi connectivity index (χ1v) is 7.08. The first kappa shape index (κ1) is 15.7. The van der Waals surface area contributed by atoms with Crippen LogP contribution in [0.4, 0.5) is 5.95 Å². The van der Waals surface area contributed by atoms with Crippen molar-refractivity contribution >= 4 is 5.95 Å². The maximum Gasteiger partial charge on any atom is 0.226 e. The average Bonchev–Trinajstić information content (AvgIpc) is 2.32. The standard InChI is InChI=1S/C14H26N4O/c1-11(2)19-13-10-12(3)17-14(18-13)16-9-7-5-4-6-8-15/h10-11H,4-9,15H2,1-3H3,(H,16,17,18). The van der Waals surface area contributed by atoms with E-state index in [0.717, 1.165) is 31.6 Å². The Bertz CT molecular complexity index is 368. The number of hydrogen-bond acceptors (Lipinski definition) is 5. The van der Waals surface area contributed by atoms with Crippen molar-refractivity contribution in [2.24, 2.45) is 5.73 Å². The van der Waals surface area contributed by atoms with Gasteiger partial charge in [-0.05, 0) is 40.2 Å². The number of nitrogens with one attached hydrogen (secondary N) is 1. The van der Waals surface area contributed by atoms with Gasteiger partial charge in [0.2, 0.25) is 11.8 Å². The van der Waals surface area contributed by atoms with Gasteiger partial charge < -0.3 is 15.8 Å². The fourth-order valence-corrected chi connectivity index (χ4v) is 1.74. The third-order valence-electron chi connectivity index (χ3n) is 2.60. The Morgan fingerprint density at radius 2 is 1.95 bits per heavy atom. The van der Waals surface area contributed by atoms with E-state index in [1.54, 1.807) is 0 Å². The van der Waals surface area contributed by atoms with Crippen LogP contribution in [0.3, 0.4) is 0 Å². The number of nitrogens with two attached hydrogens (primary N) is 1. The summed E-state index contributed by atoms with van der Waals surface area (Å²) >= 11 is 0. The third kappa shape index (κ3) is 6.96. The van der Waals surface area contributed by atoms with Crippen LogP contribution in [0.15, 0.2) is 6.07 Å². The van der Waals surface area contributed by atoms with Crippen molar-refractivity contribution in [3.63, 3.8) is 0 Å². The third-order valence-corrected chi connectivity index (χ3v) is 2.60. The van der Waals surface area contributed by atoms with E-state index in [4.69, 9.17) is 10.5 Å². The van der Waals surface area contributed by atoms with E-state index >= 15 is 0 Å². The summed E-state index contributed by atoms with van der Waals surface area (Å²) in [4.78, 5) is 8.70. The molecule has 1 aromatic heterocycles. The predicted molar refractivity (Wildman–Crippen MR) is 78.5 cm³/mol. The molecule has 3 N–H and O–H groups in total. The van der Waals surface area contributed by atoms with E-state index < -0.39 is 0 Å². The maximum atomic E-state index is 5.59. The Morgan fingerprint density at radius 3 is 2.63 bits per heavy atom. The molecule has 0 spiro atoms. The van der Waals surface area contributed by atoms with Gasteiger partial charge in [0, 0.05) is 18.3 Å². The second kappa shape index (κ2) is 8.69. The SMILES string of the molecule is Cc1cc(OC(C)C)nc(NCCCCCCN)n1. The zero-order chi connectivity index (χ0) is 14.1. The Kier molecular flexibility index (Phi) is 7.18. The van der Waals surface area contributed by atoms with E-state index in [1.165, 1.54) is 12.8 Å². The summed E-state index contributed by atoms with van der Waals surface area (Å²) in [6.45, 7) is 7.59. The predicted octanol–water partition coefficient (Wildman–Crippen LogP) is 2.50. The lowest BCUT2D eigenvalue weighted by atomic mass is 10.2. The van der Waals surface area contributed by atoms with Crippen molar-refractivity contribution in [1.29, 1.82) is 0 Å². The molecule has 0 saturated carbocycles. The average molecular weight is 266 g/mol. The van der Waals surface area contributed by atoms with Crippen molar-refractivity contribution in [3.05, 3.63) is 11.8 Å². The lowest BCUT2D eigenvalue weighted by molar-refractivity contribution is 0.232. The molecule has 1 aromatic rings. The molecule has 19 heavy (non-hydrogen) atoms. The number of unbranched alkanes of at least 4 members (excludes halogenated alkanes) is 3. The molecule has 0 atom stereocenters. The van der Waals surface area contributed by atoms with Crippen LogP contribution in [-0.2, 0) is 0 Å². The molecule has 0 saturated heterocycles. The highest BCUT2D eigenvalue weighted by Gasteiger charge is 2.04. The molecule has 5 nitrogen and oxygen atoms in total. The Balaban J connectivity index is 2.38. The first-order valence-electron chi connectivity index (χ1n) is 7.08. The van der Waals surface area contributed by atoms with Gasteiger partial charge in [0.25, 0.3) is 0 Å². The largest absolute Gasteiger partial charge is 0.475 e. The minimum Gasteiger partial charge on any atom is -0.475 e. The summed E-state index contributed by atoms with van der Waals surface area (Å²) in [6, 6.07) is 1.85. The van der Waals surface area contributed by atoms with Gasteiger partial charge in [-0.15, -0.1) is 0 Å². The van der Waals surface area contributed by atoms with Crippen molar-refractivity contribution in [3.8, 4) is 5.88 Å². The van der Waals surface area contributed by atoms with Gasteiger partial charge in [-0.1, -0.05) is 12.8 Å². The Morgan fingerprint density at radius 1 is 1.21 bits per heavy atom. The van der Waals surface area contributed by atoms with Crippen LogP contribution in [0.1, 0.15) is 45.2 Å². The number of hydrogen-bond donors (Lipinski definition) is 2. The topological polar surface area (TPSA) is 73.1 Å². The first-order chi connectivity index (χ1) is 9.11. The molecule has 0 fully saturated rings. The fraction of sp³-hybridized carbons (Fsp3) is 0.714. The summed E-state index contributed by atoms with van der Waals surface area (Å²) in [5, 5.41) is 3.24. The molecule has 0 aliphatic rings. The molecule has 0 aliphatic carbocycles. The van der Waals surface area contributed by atoms with Gasteiger partial charge >= 0.3 is 0 Å². The van der Waals surface area contributed by atoms with Gasteiger partial charge in [-0.2, -0.15) is 4.98 Å². The second-order valence-electron chi connectivity index (χ2n) is 4.97. The van der Waals surface area contributed by atoms with Gasteiger partial charge in [-0.25, -0.2) is 4.98 Å². The minimum atomic E-state index is 0.124. The van der Waals surface area contributed by atoms with Crippen molar-refractivity contribution in [2.75, 3.05) is 18.4 Å². The van der Waals surface area contributed by atoms with Gasteiger partial charge in [0.15, 0.2) is 0 Å². The van der Waals surface area contributed by atoms with Crippen LogP contribution in [-0.4, -0.2) is 29.2 Å². The molecule has 1 rings (SSSR count). The number of ether oxygens (including phenoxy) is 1. The molecule has 0 amide bonds. The second-order valence-corrected chi connectivity index (χ2v) is 4.97. The number of aromatic nitrogens is 2. The molecule has 0 aromatic carbocycles. The highest BCUT2D eigenvalue weighted by molar-refractivity contribution is 5.30. The van der Waals surface area contributed by atoms with Crippen molar-refractivity contribution in [2.45, 2.75) is 52.6 Å². The van der Waals surface area contributed by atoms with Crippen LogP contribution in [0.25, 0.3) is 0 Å². The van der Waals surface area contributed by atoms with E-state index in [-0.39, 0.29) is 6.10 Å². The molecule has 108 valence electrons. The lowest BCUT2D eigenvalue weighted by Gasteiger charge is -2.11. The maximum absolute atomic E-state index is 5.59. The number of anilines is 1. The summed E-state index contributed by atoms with van der Waals surface area (Å²) in [5.74, 6) is 1.28. The van der Waals surface area contributed by atoms with Crippen molar-refractivity contribution < 1.29 is 4.74 Å². The molecule has 0 radical (unpaired) electrons. The molecule has 0 aliphatic heterocycles. The molecular weight excluding hydrogens is 240 g/mol. The zero-order valence-electron chi connectivity index (χ0n) is 12.3. The number of rotatable bonds is 9. The van der Waals surface area contributed by atoms with Crippen molar-refractivity contribution in [1.82, 2.24) is 9.97 Å². The highest BCUT2D eigenvalue weighted by atomic mass is 16.5. The zero-order valence-corrected chi connectivity index (χ0v) is 12.3. The van der Waals surface area contributed by atoms with Gasteiger partial charge in [-0.3, -0.25) is 0 Å². The molecule has 0 bridgehead atoms. The van der Waals surface area contributed by atoms with E-state index in [0.29, 0.717) is 11.8 Å². The minimum absolute atomic E-state index is 0.124. The monoisotopic (exact) mass is 266 g/mol.